The van der Waals surface area contributed by atoms with Crippen molar-refractivity contribution in [3.63, 3.8) is 0 Å². The van der Waals surface area contributed by atoms with E-state index in [1.807, 2.05) is 32.0 Å². The highest BCUT2D eigenvalue weighted by molar-refractivity contribution is 6.05. The van der Waals surface area contributed by atoms with Crippen molar-refractivity contribution in [2.45, 2.75) is 13.8 Å². The summed E-state index contributed by atoms with van der Waals surface area (Å²) in [5, 5.41) is 2.91. The molecule has 100 valence electrons. The van der Waals surface area contributed by atoms with E-state index in [2.05, 4.69) is 20.3 Å². The molecule has 0 saturated carbocycles. The molecule has 0 aliphatic carbocycles. The number of H-pyrrole nitrogens is 1. The Morgan fingerprint density at radius 1 is 1.20 bits per heavy atom. The minimum Gasteiger partial charge on any atom is -0.343 e. The number of benzene rings is 1. The lowest BCUT2D eigenvalue weighted by Gasteiger charge is -2.09. The standard InChI is InChI=1S/C15H14N4O/c1-9-3-4-10(2)12(5-9)19-15(20)11-6-13-14(16-7-11)18-8-17-13/h3-8H,1-2H3,(H,19,20)(H,16,17,18). The molecule has 0 unspecified atom stereocenters. The number of aromatic nitrogens is 3. The van der Waals surface area contributed by atoms with Crippen LogP contribution in [0.25, 0.3) is 11.2 Å². The summed E-state index contributed by atoms with van der Waals surface area (Å²) in [5.41, 5.74) is 4.81. The highest BCUT2D eigenvalue weighted by Gasteiger charge is 2.10. The molecule has 3 rings (SSSR count). The number of nitrogens with one attached hydrogen (secondary N) is 2. The van der Waals surface area contributed by atoms with Gasteiger partial charge >= 0.3 is 0 Å². The van der Waals surface area contributed by atoms with Crippen LogP contribution in [-0.2, 0) is 0 Å². The lowest BCUT2D eigenvalue weighted by atomic mass is 10.1. The molecule has 1 amide bonds. The smallest absolute Gasteiger partial charge is 0.257 e. The number of amides is 1. The fourth-order valence-electron chi connectivity index (χ4n) is 2.02. The molecule has 1 aromatic carbocycles. The number of anilines is 1. The normalized spacial score (nSPS) is 10.7. The molecule has 5 nitrogen and oxygen atoms in total. The summed E-state index contributed by atoms with van der Waals surface area (Å²) in [6.45, 7) is 3.96. The number of fused-ring (bicyclic) bond motifs is 1. The van der Waals surface area contributed by atoms with Gasteiger partial charge in [-0.3, -0.25) is 4.79 Å². The predicted molar refractivity (Wildman–Crippen MR) is 77.8 cm³/mol. The number of hydrogen-bond donors (Lipinski definition) is 2. The van der Waals surface area contributed by atoms with Crippen molar-refractivity contribution >= 4 is 22.8 Å². The third-order valence-electron chi connectivity index (χ3n) is 3.18. The molecule has 0 bridgehead atoms. The number of hydrogen-bond acceptors (Lipinski definition) is 3. The SMILES string of the molecule is Cc1ccc(C)c(NC(=O)c2cnc3nc[nH]c3c2)c1. The summed E-state index contributed by atoms with van der Waals surface area (Å²) in [6, 6.07) is 7.70. The maximum atomic E-state index is 12.3. The Morgan fingerprint density at radius 3 is 2.90 bits per heavy atom. The van der Waals surface area contributed by atoms with Crippen molar-refractivity contribution in [2.75, 3.05) is 5.32 Å². The third-order valence-corrected chi connectivity index (χ3v) is 3.18. The van der Waals surface area contributed by atoms with Crippen LogP contribution < -0.4 is 5.32 Å². The lowest BCUT2D eigenvalue weighted by molar-refractivity contribution is 0.102. The van der Waals surface area contributed by atoms with E-state index < -0.39 is 0 Å². The number of carbonyl (C=O) groups is 1. The summed E-state index contributed by atoms with van der Waals surface area (Å²) < 4.78 is 0. The first-order valence-electron chi connectivity index (χ1n) is 6.31. The Hall–Kier alpha value is -2.69. The minimum atomic E-state index is -0.178. The third kappa shape index (κ3) is 2.25. The Kier molecular flexibility index (Phi) is 2.95. The Balaban J connectivity index is 1.90. The molecule has 0 saturated heterocycles. The zero-order valence-corrected chi connectivity index (χ0v) is 11.3. The van der Waals surface area contributed by atoms with Gasteiger partial charge in [-0.15, -0.1) is 0 Å². The first-order chi connectivity index (χ1) is 9.63. The number of imidazole rings is 1. The fourth-order valence-corrected chi connectivity index (χ4v) is 2.02. The average molecular weight is 266 g/mol. The van der Waals surface area contributed by atoms with Crippen molar-refractivity contribution in [3.8, 4) is 0 Å². The van der Waals surface area contributed by atoms with E-state index >= 15 is 0 Å². The van der Waals surface area contributed by atoms with Gasteiger partial charge in [-0.2, -0.15) is 0 Å². The largest absolute Gasteiger partial charge is 0.343 e. The molecule has 0 fully saturated rings. The highest BCUT2D eigenvalue weighted by atomic mass is 16.1. The summed E-state index contributed by atoms with van der Waals surface area (Å²) in [6.07, 6.45) is 3.09. The van der Waals surface area contributed by atoms with Gasteiger partial charge in [-0.25, -0.2) is 9.97 Å². The number of aryl methyl sites for hydroxylation is 2. The van der Waals surface area contributed by atoms with Crippen LogP contribution >= 0.6 is 0 Å². The van der Waals surface area contributed by atoms with Crippen LogP contribution in [0.2, 0.25) is 0 Å². The van der Waals surface area contributed by atoms with E-state index in [1.54, 1.807) is 12.4 Å². The van der Waals surface area contributed by atoms with Crippen molar-refractivity contribution in [1.82, 2.24) is 15.0 Å². The quantitative estimate of drug-likeness (QED) is 0.749. The van der Waals surface area contributed by atoms with Gasteiger partial charge in [-0.1, -0.05) is 12.1 Å². The predicted octanol–water partition coefficient (Wildman–Crippen LogP) is 2.83. The van der Waals surface area contributed by atoms with Gasteiger partial charge in [0, 0.05) is 11.9 Å². The zero-order chi connectivity index (χ0) is 14.1. The first kappa shape index (κ1) is 12.3. The first-order valence-corrected chi connectivity index (χ1v) is 6.31. The van der Waals surface area contributed by atoms with Crippen LogP contribution in [0.4, 0.5) is 5.69 Å². The van der Waals surface area contributed by atoms with Gasteiger partial charge in [0.2, 0.25) is 0 Å². The van der Waals surface area contributed by atoms with Crippen LogP contribution in [0.15, 0.2) is 36.8 Å². The second-order valence-electron chi connectivity index (χ2n) is 4.77. The van der Waals surface area contributed by atoms with Crippen molar-refractivity contribution in [3.05, 3.63) is 53.5 Å². The highest BCUT2D eigenvalue weighted by Crippen LogP contribution is 2.18. The van der Waals surface area contributed by atoms with E-state index in [4.69, 9.17) is 0 Å². The summed E-state index contributed by atoms with van der Waals surface area (Å²) in [7, 11) is 0. The molecule has 0 spiro atoms. The maximum Gasteiger partial charge on any atom is 0.257 e. The molecule has 0 radical (unpaired) electrons. The second kappa shape index (κ2) is 4.77. The van der Waals surface area contributed by atoms with Gasteiger partial charge < -0.3 is 10.3 Å². The molecule has 0 aliphatic heterocycles. The molecule has 5 heteroatoms. The Morgan fingerprint density at radius 2 is 2.05 bits per heavy atom. The lowest BCUT2D eigenvalue weighted by Crippen LogP contribution is -2.13. The van der Waals surface area contributed by atoms with Crippen molar-refractivity contribution in [2.24, 2.45) is 0 Å². The van der Waals surface area contributed by atoms with Crippen LogP contribution in [0.3, 0.4) is 0 Å². The van der Waals surface area contributed by atoms with E-state index in [9.17, 15) is 4.79 Å². The molecule has 0 aliphatic rings. The Bertz CT molecular complexity index is 791. The fraction of sp³-hybridized carbons (Fsp3) is 0.133. The molecule has 3 aromatic rings. The molecule has 2 aromatic heterocycles. The number of carbonyl (C=O) groups excluding carboxylic acids is 1. The average Bonchev–Trinajstić information content (AvgIpc) is 2.90. The van der Waals surface area contributed by atoms with Crippen LogP contribution in [0.5, 0.6) is 0 Å². The molecule has 0 atom stereocenters. The second-order valence-corrected chi connectivity index (χ2v) is 4.77. The van der Waals surface area contributed by atoms with E-state index in [0.29, 0.717) is 11.2 Å². The van der Waals surface area contributed by atoms with Crippen LogP contribution in [-0.4, -0.2) is 20.9 Å². The van der Waals surface area contributed by atoms with Gasteiger partial charge in [-0.05, 0) is 37.1 Å². The van der Waals surface area contributed by atoms with Gasteiger partial charge in [0.25, 0.3) is 5.91 Å². The molecular weight excluding hydrogens is 252 g/mol. The van der Waals surface area contributed by atoms with Crippen molar-refractivity contribution < 1.29 is 4.79 Å². The van der Waals surface area contributed by atoms with Crippen LogP contribution in [0, 0.1) is 13.8 Å². The van der Waals surface area contributed by atoms with E-state index in [0.717, 1.165) is 22.3 Å². The molecule has 2 heterocycles. The Labute approximate surface area is 116 Å². The zero-order valence-electron chi connectivity index (χ0n) is 11.3. The van der Waals surface area contributed by atoms with Gasteiger partial charge in [0.05, 0.1) is 17.4 Å². The minimum absolute atomic E-state index is 0.178. The molecule has 2 N–H and O–H groups in total. The monoisotopic (exact) mass is 266 g/mol. The van der Waals surface area contributed by atoms with Crippen molar-refractivity contribution in [1.29, 1.82) is 0 Å². The maximum absolute atomic E-state index is 12.3. The van der Waals surface area contributed by atoms with Gasteiger partial charge in [0.1, 0.15) is 0 Å². The van der Waals surface area contributed by atoms with E-state index in [-0.39, 0.29) is 5.91 Å². The molecule has 20 heavy (non-hydrogen) atoms. The number of aromatic amines is 1. The molecular formula is C15H14N4O. The number of pyridine rings is 1. The van der Waals surface area contributed by atoms with Crippen LogP contribution in [0.1, 0.15) is 21.5 Å². The number of rotatable bonds is 2. The number of nitrogens with zero attached hydrogens (tertiary/aromatic N) is 2. The topological polar surface area (TPSA) is 70.7 Å². The summed E-state index contributed by atoms with van der Waals surface area (Å²) in [5.74, 6) is -0.178. The van der Waals surface area contributed by atoms with Gasteiger partial charge in [0.15, 0.2) is 5.65 Å². The summed E-state index contributed by atoms with van der Waals surface area (Å²) in [4.78, 5) is 23.4. The van der Waals surface area contributed by atoms with E-state index in [1.165, 1.54) is 6.20 Å². The summed E-state index contributed by atoms with van der Waals surface area (Å²) >= 11 is 0.